The van der Waals surface area contributed by atoms with Crippen LogP contribution >= 0.6 is 0 Å². The summed E-state index contributed by atoms with van der Waals surface area (Å²) in [5.41, 5.74) is 0. The molecule has 0 bridgehead atoms. The summed E-state index contributed by atoms with van der Waals surface area (Å²) in [5.74, 6) is 5.02. The van der Waals surface area contributed by atoms with Gasteiger partial charge in [-0.15, -0.1) is 0 Å². The van der Waals surface area contributed by atoms with Gasteiger partial charge in [-0.25, -0.2) is 5.90 Å². The number of hydrogen-bond donors (Lipinski definition) is 1. The van der Waals surface area contributed by atoms with E-state index in [-0.39, 0.29) is 0 Å². The molecular formula is C11H24N2O. The predicted octanol–water partition coefficient (Wildman–Crippen LogP) is 1.92. The maximum atomic E-state index is 5.02. The van der Waals surface area contributed by atoms with Crippen molar-refractivity contribution in [1.82, 2.24) is 4.90 Å². The lowest BCUT2D eigenvalue weighted by Gasteiger charge is -2.38. The Morgan fingerprint density at radius 2 is 2.21 bits per heavy atom. The van der Waals surface area contributed by atoms with Crippen LogP contribution in [0.2, 0.25) is 0 Å². The zero-order valence-electron chi connectivity index (χ0n) is 9.54. The van der Waals surface area contributed by atoms with E-state index >= 15 is 0 Å². The molecule has 3 heteroatoms. The molecule has 1 unspecified atom stereocenters. The number of rotatable bonds is 5. The molecule has 1 fully saturated rings. The fourth-order valence-corrected chi connectivity index (χ4v) is 2.42. The minimum atomic E-state index is 0.680. The van der Waals surface area contributed by atoms with Crippen LogP contribution in [0.3, 0.4) is 0 Å². The van der Waals surface area contributed by atoms with Crippen molar-refractivity contribution >= 4 is 0 Å². The van der Waals surface area contributed by atoms with E-state index in [0.717, 1.165) is 12.5 Å². The number of hydrogen-bond acceptors (Lipinski definition) is 3. The SMILES string of the molecule is CC(C)N1CCCCC1CCCON. The summed E-state index contributed by atoms with van der Waals surface area (Å²) in [4.78, 5) is 7.24. The van der Waals surface area contributed by atoms with Crippen LogP contribution in [0.25, 0.3) is 0 Å². The number of nitrogens with zero attached hydrogens (tertiary/aromatic N) is 1. The van der Waals surface area contributed by atoms with Crippen molar-refractivity contribution in [3.63, 3.8) is 0 Å². The van der Waals surface area contributed by atoms with E-state index in [1.165, 1.54) is 32.2 Å². The van der Waals surface area contributed by atoms with Gasteiger partial charge in [0.05, 0.1) is 6.61 Å². The van der Waals surface area contributed by atoms with Crippen molar-refractivity contribution in [3.05, 3.63) is 0 Å². The molecule has 14 heavy (non-hydrogen) atoms. The second-order valence-electron chi connectivity index (χ2n) is 4.49. The van der Waals surface area contributed by atoms with Gasteiger partial charge in [-0.1, -0.05) is 6.42 Å². The first-order valence-corrected chi connectivity index (χ1v) is 5.83. The molecule has 3 nitrogen and oxygen atoms in total. The summed E-state index contributed by atoms with van der Waals surface area (Å²) in [5, 5.41) is 0. The third-order valence-corrected chi connectivity index (χ3v) is 3.14. The van der Waals surface area contributed by atoms with E-state index < -0.39 is 0 Å². The molecule has 0 amide bonds. The predicted molar refractivity (Wildman–Crippen MR) is 58.9 cm³/mol. The average molecular weight is 200 g/mol. The van der Waals surface area contributed by atoms with Crippen molar-refractivity contribution < 1.29 is 4.84 Å². The Labute approximate surface area is 87.6 Å². The Balaban J connectivity index is 2.30. The smallest absolute Gasteiger partial charge is 0.0679 e. The van der Waals surface area contributed by atoms with E-state index in [4.69, 9.17) is 5.90 Å². The second kappa shape index (κ2) is 6.38. The lowest BCUT2D eigenvalue weighted by molar-refractivity contribution is 0.0853. The molecule has 0 radical (unpaired) electrons. The van der Waals surface area contributed by atoms with Gasteiger partial charge in [0.2, 0.25) is 0 Å². The van der Waals surface area contributed by atoms with Crippen LogP contribution in [0, 0.1) is 0 Å². The van der Waals surface area contributed by atoms with E-state index in [1.54, 1.807) is 0 Å². The molecule has 0 aromatic carbocycles. The molecule has 1 aliphatic heterocycles. The molecule has 0 aliphatic carbocycles. The van der Waals surface area contributed by atoms with Crippen LogP contribution in [-0.2, 0) is 4.84 Å². The quantitative estimate of drug-likeness (QED) is 0.544. The lowest BCUT2D eigenvalue weighted by Crippen LogP contribution is -2.43. The third-order valence-electron chi connectivity index (χ3n) is 3.14. The summed E-state index contributed by atoms with van der Waals surface area (Å²) in [6.07, 6.45) is 6.42. The molecule has 1 aliphatic rings. The van der Waals surface area contributed by atoms with Crippen LogP contribution in [0.1, 0.15) is 46.0 Å². The van der Waals surface area contributed by atoms with Crippen LogP contribution in [-0.4, -0.2) is 30.1 Å². The maximum Gasteiger partial charge on any atom is 0.0679 e. The second-order valence-corrected chi connectivity index (χ2v) is 4.49. The standard InChI is InChI=1S/C11H24N2O/c1-10(2)13-8-4-3-6-11(13)7-5-9-14-12/h10-11H,3-9,12H2,1-2H3. The van der Waals surface area contributed by atoms with Crippen molar-refractivity contribution in [2.45, 2.75) is 58.0 Å². The largest absolute Gasteiger partial charge is 0.305 e. The Morgan fingerprint density at radius 3 is 2.86 bits per heavy atom. The highest BCUT2D eigenvalue weighted by Gasteiger charge is 2.23. The fourth-order valence-electron chi connectivity index (χ4n) is 2.42. The van der Waals surface area contributed by atoms with Crippen molar-refractivity contribution in [2.75, 3.05) is 13.2 Å². The minimum Gasteiger partial charge on any atom is -0.305 e. The Bertz CT molecular complexity index is 150. The van der Waals surface area contributed by atoms with Crippen molar-refractivity contribution in [3.8, 4) is 0 Å². The molecule has 0 spiro atoms. The normalized spacial score (nSPS) is 24.4. The zero-order valence-corrected chi connectivity index (χ0v) is 9.54. The van der Waals surface area contributed by atoms with Gasteiger partial charge in [0.1, 0.15) is 0 Å². The average Bonchev–Trinajstić information content (AvgIpc) is 2.19. The monoisotopic (exact) mass is 200 g/mol. The van der Waals surface area contributed by atoms with Crippen LogP contribution < -0.4 is 5.90 Å². The summed E-state index contributed by atoms with van der Waals surface area (Å²) in [7, 11) is 0. The van der Waals surface area contributed by atoms with Gasteiger partial charge in [0.25, 0.3) is 0 Å². The molecule has 1 atom stereocenters. The van der Waals surface area contributed by atoms with E-state index in [1.807, 2.05) is 0 Å². The molecule has 1 saturated heterocycles. The number of likely N-dealkylation sites (tertiary alicyclic amines) is 1. The topological polar surface area (TPSA) is 38.5 Å². The Hall–Kier alpha value is -0.120. The van der Waals surface area contributed by atoms with Crippen molar-refractivity contribution in [1.29, 1.82) is 0 Å². The van der Waals surface area contributed by atoms with Crippen molar-refractivity contribution in [2.24, 2.45) is 5.90 Å². The van der Waals surface area contributed by atoms with Gasteiger partial charge < -0.3 is 4.84 Å². The van der Waals surface area contributed by atoms with Gasteiger partial charge in [-0.3, -0.25) is 4.90 Å². The van der Waals surface area contributed by atoms with Crippen LogP contribution in [0.15, 0.2) is 0 Å². The van der Waals surface area contributed by atoms with E-state index in [2.05, 4.69) is 23.6 Å². The fraction of sp³-hybridized carbons (Fsp3) is 1.00. The van der Waals surface area contributed by atoms with Gasteiger partial charge >= 0.3 is 0 Å². The minimum absolute atomic E-state index is 0.680. The lowest BCUT2D eigenvalue weighted by atomic mass is 9.97. The summed E-state index contributed by atoms with van der Waals surface area (Å²) < 4.78 is 0. The molecule has 0 aromatic rings. The summed E-state index contributed by atoms with van der Waals surface area (Å²) in [6.45, 7) is 6.55. The molecule has 0 saturated carbocycles. The molecular weight excluding hydrogens is 176 g/mol. The highest BCUT2D eigenvalue weighted by atomic mass is 16.6. The highest BCUT2D eigenvalue weighted by molar-refractivity contribution is 4.79. The molecule has 2 N–H and O–H groups in total. The number of piperidine rings is 1. The van der Waals surface area contributed by atoms with Gasteiger partial charge in [-0.05, 0) is 46.1 Å². The van der Waals surface area contributed by atoms with Crippen LogP contribution in [0.4, 0.5) is 0 Å². The van der Waals surface area contributed by atoms with E-state index in [9.17, 15) is 0 Å². The van der Waals surface area contributed by atoms with Gasteiger partial charge in [0, 0.05) is 12.1 Å². The first-order chi connectivity index (χ1) is 6.75. The zero-order chi connectivity index (χ0) is 10.4. The van der Waals surface area contributed by atoms with Crippen LogP contribution in [0.5, 0.6) is 0 Å². The van der Waals surface area contributed by atoms with Gasteiger partial charge in [-0.2, -0.15) is 0 Å². The summed E-state index contributed by atoms with van der Waals surface area (Å²) in [6, 6.07) is 1.44. The Morgan fingerprint density at radius 1 is 1.43 bits per heavy atom. The Kier molecular flexibility index (Phi) is 5.45. The molecule has 1 rings (SSSR count). The summed E-state index contributed by atoms with van der Waals surface area (Å²) >= 11 is 0. The molecule has 84 valence electrons. The van der Waals surface area contributed by atoms with Gasteiger partial charge in [0.15, 0.2) is 0 Å². The highest BCUT2D eigenvalue weighted by Crippen LogP contribution is 2.22. The number of nitrogens with two attached hydrogens (primary N) is 1. The molecule has 1 heterocycles. The molecule has 0 aromatic heterocycles. The maximum absolute atomic E-state index is 5.02. The first-order valence-electron chi connectivity index (χ1n) is 5.83. The van der Waals surface area contributed by atoms with E-state index in [0.29, 0.717) is 12.6 Å². The third kappa shape index (κ3) is 3.56. The first kappa shape index (κ1) is 12.0.